The van der Waals surface area contributed by atoms with Gasteiger partial charge in [-0.2, -0.15) is 5.10 Å². The van der Waals surface area contributed by atoms with Crippen molar-refractivity contribution in [1.82, 2.24) is 25.1 Å². The van der Waals surface area contributed by atoms with E-state index in [1.807, 2.05) is 6.07 Å². The van der Waals surface area contributed by atoms with Crippen molar-refractivity contribution in [2.24, 2.45) is 0 Å². The van der Waals surface area contributed by atoms with Gasteiger partial charge in [0.15, 0.2) is 17.3 Å². The summed E-state index contributed by atoms with van der Waals surface area (Å²) in [6.07, 6.45) is 4.64. The van der Waals surface area contributed by atoms with E-state index in [1.54, 1.807) is 41.5 Å². The third-order valence-electron chi connectivity index (χ3n) is 3.57. The van der Waals surface area contributed by atoms with Crippen molar-refractivity contribution in [2.45, 2.75) is 6.54 Å². The molecule has 0 fully saturated rings. The van der Waals surface area contributed by atoms with E-state index in [9.17, 15) is 4.79 Å². The van der Waals surface area contributed by atoms with Crippen LogP contribution in [0.3, 0.4) is 0 Å². The Morgan fingerprint density at radius 1 is 1.24 bits per heavy atom. The number of anilines is 1. The number of carbonyl (C=O) groups excluding carboxylic acids is 1. The third-order valence-corrected chi connectivity index (χ3v) is 3.57. The number of nitrogens with one attached hydrogen (secondary N) is 2. The van der Waals surface area contributed by atoms with Gasteiger partial charge in [0.1, 0.15) is 12.7 Å². The molecule has 0 bridgehead atoms. The fraction of sp³-hybridized carbons (Fsp3) is 0.125. The second kappa shape index (κ2) is 6.48. The molecule has 0 spiro atoms. The monoisotopic (exact) mass is 338 g/mol. The van der Waals surface area contributed by atoms with Gasteiger partial charge in [0, 0.05) is 30.1 Å². The first-order valence-electron chi connectivity index (χ1n) is 7.53. The Morgan fingerprint density at radius 3 is 3.04 bits per heavy atom. The fourth-order valence-electron chi connectivity index (χ4n) is 2.42. The average Bonchev–Trinajstić information content (AvgIpc) is 3.31. The van der Waals surface area contributed by atoms with Crippen molar-refractivity contribution >= 4 is 11.7 Å². The standard InChI is InChI=1S/C16H14N6O3/c23-16(21-12-3-4-13-14(6-12)25-10-24-13)19-7-11-2-1-5-18-15(11)22-9-17-8-20-22/h1-6,8-9H,7,10H2,(H2,19,21,23). The molecule has 2 N–H and O–H groups in total. The van der Waals surface area contributed by atoms with E-state index >= 15 is 0 Å². The smallest absolute Gasteiger partial charge is 0.319 e. The molecule has 3 aromatic rings. The van der Waals surface area contributed by atoms with Gasteiger partial charge in [-0.3, -0.25) is 0 Å². The lowest BCUT2D eigenvalue weighted by Gasteiger charge is -2.10. The summed E-state index contributed by atoms with van der Waals surface area (Å²) in [5.74, 6) is 1.89. The predicted molar refractivity (Wildman–Crippen MR) is 87.6 cm³/mol. The van der Waals surface area contributed by atoms with E-state index in [2.05, 4.69) is 25.7 Å². The minimum atomic E-state index is -0.341. The number of nitrogens with zero attached hydrogens (tertiary/aromatic N) is 4. The SMILES string of the molecule is O=C(NCc1cccnc1-n1cncn1)Nc1ccc2c(c1)OCO2. The molecule has 0 saturated carbocycles. The van der Waals surface area contributed by atoms with E-state index in [-0.39, 0.29) is 12.8 Å². The van der Waals surface area contributed by atoms with Gasteiger partial charge in [-0.25, -0.2) is 19.4 Å². The zero-order valence-electron chi connectivity index (χ0n) is 13.0. The van der Waals surface area contributed by atoms with E-state index < -0.39 is 0 Å². The average molecular weight is 338 g/mol. The van der Waals surface area contributed by atoms with Crippen molar-refractivity contribution in [3.63, 3.8) is 0 Å². The molecule has 1 aliphatic heterocycles. The van der Waals surface area contributed by atoms with Crippen molar-refractivity contribution < 1.29 is 14.3 Å². The molecule has 126 valence electrons. The molecule has 25 heavy (non-hydrogen) atoms. The zero-order chi connectivity index (χ0) is 17.1. The number of fused-ring (bicyclic) bond motifs is 1. The molecule has 0 unspecified atom stereocenters. The maximum atomic E-state index is 12.1. The first-order chi connectivity index (χ1) is 12.3. The summed E-state index contributed by atoms with van der Waals surface area (Å²) in [6.45, 7) is 0.483. The fourth-order valence-corrected chi connectivity index (χ4v) is 2.42. The number of pyridine rings is 1. The number of urea groups is 1. The molecule has 2 aromatic heterocycles. The van der Waals surface area contributed by atoms with Crippen LogP contribution in [-0.2, 0) is 6.54 Å². The molecule has 0 atom stereocenters. The summed E-state index contributed by atoms with van der Waals surface area (Å²) in [5.41, 5.74) is 1.43. The van der Waals surface area contributed by atoms with Crippen molar-refractivity contribution in [3.05, 3.63) is 54.7 Å². The van der Waals surface area contributed by atoms with Gasteiger partial charge in [0.25, 0.3) is 0 Å². The van der Waals surface area contributed by atoms with Crippen LogP contribution in [0.4, 0.5) is 10.5 Å². The lowest BCUT2D eigenvalue weighted by atomic mass is 10.2. The van der Waals surface area contributed by atoms with Crippen LogP contribution in [-0.4, -0.2) is 32.6 Å². The van der Waals surface area contributed by atoms with Gasteiger partial charge in [-0.15, -0.1) is 0 Å². The molecule has 3 heterocycles. The predicted octanol–water partition coefficient (Wildman–Crippen LogP) is 1.71. The summed E-state index contributed by atoms with van der Waals surface area (Å²) in [5, 5.41) is 9.61. The van der Waals surface area contributed by atoms with Crippen LogP contribution in [0.5, 0.6) is 11.5 Å². The van der Waals surface area contributed by atoms with Crippen LogP contribution < -0.4 is 20.1 Å². The van der Waals surface area contributed by atoms with Crippen molar-refractivity contribution in [1.29, 1.82) is 0 Å². The number of ether oxygens (including phenoxy) is 2. The van der Waals surface area contributed by atoms with Crippen molar-refractivity contribution in [2.75, 3.05) is 12.1 Å². The minimum absolute atomic E-state index is 0.192. The van der Waals surface area contributed by atoms with Gasteiger partial charge in [0.05, 0.1) is 0 Å². The second-order valence-electron chi connectivity index (χ2n) is 5.20. The van der Waals surface area contributed by atoms with Crippen LogP contribution in [0, 0.1) is 0 Å². The van der Waals surface area contributed by atoms with Gasteiger partial charge >= 0.3 is 6.03 Å². The van der Waals surface area contributed by atoms with E-state index in [0.29, 0.717) is 29.5 Å². The van der Waals surface area contributed by atoms with Gasteiger partial charge in [-0.05, 0) is 18.2 Å². The van der Waals surface area contributed by atoms with Gasteiger partial charge in [-0.1, -0.05) is 6.07 Å². The molecule has 1 aliphatic rings. The van der Waals surface area contributed by atoms with E-state index in [4.69, 9.17) is 9.47 Å². The Hall–Kier alpha value is -3.62. The molecular weight excluding hydrogens is 324 g/mol. The molecule has 4 rings (SSSR count). The molecule has 9 heteroatoms. The molecule has 2 amide bonds. The molecule has 1 aromatic carbocycles. The normalized spacial score (nSPS) is 12.0. The number of hydrogen-bond donors (Lipinski definition) is 2. The highest BCUT2D eigenvalue weighted by atomic mass is 16.7. The summed E-state index contributed by atoms with van der Waals surface area (Å²) < 4.78 is 12.1. The molecule has 0 aliphatic carbocycles. The van der Waals surface area contributed by atoms with Crippen LogP contribution in [0.25, 0.3) is 5.82 Å². The van der Waals surface area contributed by atoms with Crippen LogP contribution in [0.15, 0.2) is 49.2 Å². The highest BCUT2D eigenvalue weighted by Crippen LogP contribution is 2.34. The lowest BCUT2D eigenvalue weighted by molar-refractivity contribution is 0.174. The van der Waals surface area contributed by atoms with Crippen LogP contribution >= 0.6 is 0 Å². The van der Waals surface area contributed by atoms with E-state index in [0.717, 1.165) is 5.56 Å². The quantitative estimate of drug-likeness (QED) is 0.751. The van der Waals surface area contributed by atoms with Crippen molar-refractivity contribution in [3.8, 4) is 17.3 Å². The van der Waals surface area contributed by atoms with E-state index in [1.165, 1.54) is 6.33 Å². The third kappa shape index (κ3) is 3.20. The van der Waals surface area contributed by atoms with Crippen LogP contribution in [0.2, 0.25) is 0 Å². The van der Waals surface area contributed by atoms with Gasteiger partial charge in [0.2, 0.25) is 6.79 Å². The number of aromatic nitrogens is 4. The summed E-state index contributed by atoms with van der Waals surface area (Å²) in [6, 6.07) is 8.54. The number of benzene rings is 1. The Bertz CT molecular complexity index is 897. The Kier molecular flexibility index (Phi) is 3.87. The second-order valence-corrected chi connectivity index (χ2v) is 5.20. The molecular formula is C16H14N6O3. The Morgan fingerprint density at radius 2 is 2.16 bits per heavy atom. The maximum absolute atomic E-state index is 12.1. The van der Waals surface area contributed by atoms with Gasteiger partial charge < -0.3 is 20.1 Å². The highest BCUT2D eigenvalue weighted by molar-refractivity contribution is 5.89. The number of rotatable bonds is 4. The first-order valence-corrected chi connectivity index (χ1v) is 7.53. The van der Waals surface area contributed by atoms with Crippen LogP contribution in [0.1, 0.15) is 5.56 Å². The molecule has 0 radical (unpaired) electrons. The molecule has 0 saturated heterocycles. The summed E-state index contributed by atoms with van der Waals surface area (Å²) in [4.78, 5) is 20.3. The maximum Gasteiger partial charge on any atom is 0.319 e. The number of hydrogen-bond acceptors (Lipinski definition) is 6. The number of amides is 2. The summed E-state index contributed by atoms with van der Waals surface area (Å²) in [7, 11) is 0. The summed E-state index contributed by atoms with van der Waals surface area (Å²) >= 11 is 0. The zero-order valence-corrected chi connectivity index (χ0v) is 13.0. The molecule has 9 nitrogen and oxygen atoms in total. The minimum Gasteiger partial charge on any atom is -0.454 e. The Balaban J connectivity index is 1.41. The lowest BCUT2D eigenvalue weighted by Crippen LogP contribution is -2.28. The topological polar surface area (TPSA) is 103 Å². The Labute approximate surface area is 142 Å². The largest absolute Gasteiger partial charge is 0.454 e. The highest BCUT2D eigenvalue weighted by Gasteiger charge is 2.14. The first kappa shape index (κ1) is 14.9. The number of carbonyl (C=O) groups is 1.